The molecule has 2 aromatic carbocycles. The smallest absolute Gasteiger partial charge is 0.333 e. The second kappa shape index (κ2) is 7.12. The number of halogens is 1. The van der Waals surface area contributed by atoms with Crippen molar-refractivity contribution >= 4 is 43.9 Å². The van der Waals surface area contributed by atoms with Crippen LogP contribution >= 0.6 is 22.9 Å². The summed E-state index contributed by atoms with van der Waals surface area (Å²) in [5.41, 5.74) is 0.741. The van der Waals surface area contributed by atoms with Gasteiger partial charge in [0, 0.05) is 32.4 Å². The van der Waals surface area contributed by atoms with Crippen molar-refractivity contribution in [1.29, 1.82) is 0 Å². The lowest BCUT2D eigenvalue weighted by Crippen LogP contribution is -2.33. The third-order valence-electron chi connectivity index (χ3n) is 4.90. The number of nitrogens with one attached hydrogen (secondary N) is 1. The molecule has 0 saturated heterocycles. The summed E-state index contributed by atoms with van der Waals surface area (Å²) in [5.74, 6) is 0.623. The Bertz CT molecular complexity index is 1550. The molecule has 1 N–H and O–H groups in total. The van der Waals surface area contributed by atoms with Crippen molar-refractivity contribution in [1.82, 2.24) is 14.5 Å². The highest BCUT2D eigenvalue weighted by atomic mass is 35.5. The number of H-pyrrole nitrogens is 1. The molecule has 0 bridgehead atoms. The minimum absolute atomic E-state index is 0.396. The van der Waals surface area contributed by atoms with Gasteiger partial charge in [0.1, 0.15) is 10.4 Å². The number of fused-ring (bicyclic) bond motifs is 2. The van der Waals surface area contributed by atoms with Crippen LogP contribution in [0.1, 0.15) is 0 Å². The van der Waals surface area contributed by atoms with Crippen molar-refractivity contribution < 1.29 is 4.74 Å². The summed E-state index contributed by atoms with van der Waals surface area (Å²) in [6.07, 6.45) is 3.18. The van der Waals surface area contributed by atoms with Crippen LogP contribution in [0.5, 0.6) is 5.75 Å². The van der Waals surface area contributed by atoms with E-state index in [-0.39, 0.29) is 0 Å². The van der Waals surface area contributed by atoms with Crippen molar-refractivity contribution in [2.45, 2.75) is 0 Å². The van der Waals surface area contributed by atoms with Crippen LogP contribution in [-0.4, -0.2) is 21.6 Å². The summed E-state index contributed by atoms with van der Waals surface area (Å²) >= 11 is 7.60. The third-order valence-corrected chi connectivity index (χ3v) is 6.39. The number of hydrogen-bond donors (Lipinski definition) is 1. The predicted octanol–water partition coefficient (Wildman–Crippen LogP) is 4.62. The van der Waals surface area contributed by atoms with Gasteiger partial charge in [-0.1, -0.05) is 29.8 Å². The molecule has 0 atom stereocenters. The Kier molecular flexibility index (Phi) is 4.42. The van der Waals surface area contributed by atoms with Crippen molar-refractivity contribution in [2.24, 2.45) is 0 Å². The highest BCUT2D eigenvalue weighted by molar-refractivity contribution is 7.22. The van der Waals surface area contributed by atoms with E-state index in [9.17, 15) is 9.59 Å². The molecule has 0 amide bonds. The number of hydrogen-bond acceptors (Lipinski definition) is 5. The molecular weight excluding hydrogens is 422 g/mol. The number of nitrogens with zero attached hydrogens (tertiary/aromatic N) is 2. The van der Waals surface area contributed by atoms with Crippen molar-refractivity contribution in [3.63, 3.8) is 0 Å². The highest BCUT2D eigenvalue weighted by Crippen LogP contribution is 2.35. The van der Waals surface area contributed by atoms with E-state index in [1.807, 2.05) is 24.3 Å². The van der Waals surface area contributed by atoms with E-state index in [4.69, 9.17) is 16.3 Å². The summed E-state index contributed by atoms with van der Waals surface area (Å²) in [4.78, 5) is 34.1. The van der Waals surface area contributed by atoms with Crippen molar-refractivity contribution in [2.75, 3.05) is 7.11 Å². The van der Waals surface area contributed by atoms with Crippen LogP contribution in [0.25, 0.3) is 37.1 Å². The molecule has 5 rings (SSSR count). The number of aromatic nitrogens is 3. The Labute approximate surface area is 179 Å². The first-order valence-corrected chi connectivity index (χ1v) is 10.2. The van der Waals surface area contributed by atoms with E-state index in [1.54, 1.807) is 37.6 Å². The van der Waals surface area contributed by atoms with E-state index in [1.165, 1.54) is 17.5 Å². The lowest BCUT2D eigenvalue weighted by atomic mass is 10.1. The third kappa shape index (κ3) is 2.91. The fourth-order valence-electron chi connectivity index (χ4n) is 3.45. The quantitative estimate of drug-likeness (QED) is 0.448. The first-order valence-electron chi connectivity index (χ1n) is 9.03. The average molecular weight is 436 g/mol. The topological polar surface area (TPSA) is 77.0 Å². The van der Waals surface area contributed by atoms with Crippen LogP contribution in [0.15, 0.2) is 70.5 Å². The SMILES string of the molecule is COc1ccc2cncc(-n3c(=O)[nH]c4cc(-c5ccccc5Cl)sc4c3=O)c2c1. The van der Waals surface area contributed by atoms with Crippen LogP contribution in [-0.2, 0) is 0 Å². The van der Waals surface area contributed by atoms with Crippen LogP contribution in [0.3, 0.4) is 0 Å². The second-order valence-electron chi connectivity index (χ2n) is 6.65. The Morgan fingerprint density at radius 2 is 1.93 bits per heavy atom. The van der Waals surface area contributed by atoms with E-state index in [0.29, 0.717) is 32.1 Å². The van der Waals surface area contributed by atoms with Gasteiger partial charge in [-0.2, -0.15) is 0 Å². The maximum atomic E-state index is 13.3. The minimum atomic E-state index is -0.534. The van der Waals surface area contributed by atoms with E-state index in [2.05, 4.69) is 9.97 Å². The van der Waals surface area contributed by atoms with E-state index in [0.717, 1.165) is 20.4 Å². The molecule has 3 heterocycles. The molecule has 0 fully saturated rings. The van der Waals surface area contributed by atoms with Crippen LogP contribution < -0.4 is 16.0 Å². The van der Waals surface area contributed by atoms with Gasteiger partial charge >= 0.3 is 5.69 Å². The van der Waals surface area contributed by atoms with Gasteiger partial charge in [-0.05, 0) is 30.3 Å². The fourth-order valence-corrected chi connectivity index (χ4v) is 4.83. The molecule has 5 aromatic rings. The standard InChI is InChI=1S/C22H14ClN3O3S/c1-29-13-7-6-12-10-24-11-18(15(12)8-13)26-21(27)20-17(25-22(26)28)9-19(30-20)14-4-2-3-5-16(14)23/h2-11H,1H3,(H,25,28). The molecule has 0 aliphatic carbocycles. The molecule has 0 spiro atoms. The largest absolute Gasteiger partial charge is 0.497 e. The van der Waals surface area contributed by atoms with Crippen LogP contribution in [0.4, 0.5) is 0 Å². The summed E-state index contributed by atoms with van der Waals surface area (Å²) in [5, 5.41) is 2.07. The Hall–Kier alpha value is -3.42. The molecule has 8 heteroatoms. The number of rotatable bonds is 3. The zero-order chi connectivity index (χ0) is 20.8. The first-order chi connectivity index (χ1) is 14.6. The Morgan fingerprint density at radius 1 is 1.10 bits per heavy atom. The fraction of sp³-hybridized carbons (Fsp3) is 0.0455. The minimum Gasteiger partial charge on any atom is -0.497 e. The molecule has 148 valence electrons. The van der Waals surface area contributed by atoms with Gasteiger partial charge in [0.25, 0.3) is 5.56 Å². The molecule has 0 radical (unpaired) electrons. The molecule has 0 aliphatic rings. The van der Waals surface area contributed by atoms with Gasteiger partial charge in [-0.15, -0.1) is 11.3 Å². The number of benzene rings is 2. The lowest BCUT2D eigenvalue weighted by Gasteiger charge is -2.09. The first kappa shape index (κ1) is 18.6. The molecule has 30 heavy (non-hydrogen) atoms. The number of ether oxygens (including phenoxy) is 1. The number of thiophene rings is 1. The molecule has 0 aliphatic heterocycles. The monoisotopic (exact) mass is 435 g/mol. The van der Waals surface area contributed by atoms with Crippen molar-refractivity contribution in [3.8, 4) is 21.9 Å². The van der Waals surface area contributed by atoms with Crippen molar-refractivity contribution in [3.05, 3.63) is 86.8 Å². The maximum absolute atomic E-state index is 13.3. The van der Waals surface area contributed by atoms with Gasteiger partial charge < -0.3 is 9.72 Å². The predicted molar refractivity (Wildman–Crippen MR) is 120 cm³/mol. The zero-order valence-electron chi connectivity index (χ0n) is 15.7. The summed E-state index contributed by atoms with van der Waals surface area (Å²) < 4.78 is 6.85. The summed E-state index contributed by atoms with van der Waals surface area (Å²) in [6.45, 7) is 0. The van der Waals surface area contributed by atoms with Gasteiger partial charge in [0.2, 0.25) is 0 Å². The molecule has 6 nitrogen and oxygen atoms in total. The molecule has 0 unspecified atom stereocenters. The van der Waals surface area contributed by atoms with Crippen LogP contribution in [0, 0.1) is 0 Å². The normalized spacial score (nSPS) is 11.3. The van der Waals surface area contributed by atoms with Gasteiger partial charge in [0.05, 0.1) is 24.5 Å². The number of methoxy groups -OCH3 is 1. The van der Waals surface area contributed by atoms with E-state index < -0.39 is 11.2 Å². The van der Waals surface area contributed by atoms with Gasteiger partial charge in [0.15, 0.2) is 0 Å². The lowest BCUT2D eigenvalue weighted by molar-refractivity contribution is 0.415. The summed E-state index contributed by atoms with van der Waals surface area (Å²) in [7, 11) is 1.56. The zero-order valence-corrected chi connectivity index (χ0v) is 17.3. The Balaban J connectivity index is 1.79. The van der Waals surface area contributed by atoms with Crippen LogP contribution in [0.2, 0.25) is 5.02 Å². The Morgan fingerprint density at radius 3 is 2.73 bits per heavy atom. The molecular formula is C22H14ClN3O3S. The number of pyridine rings is 1. The maximum Gasteiger partial charge on any atom is 0.333 e. The average Bonchev–Trinajstić information content (AvgIpc) is 3.18. The molecule has 0 saturated carbocycles. The van der Waals surface area contributed by atoms with E-state index >= 15 is 0 Å². The molecule has 3 aromatic heterocycles. The second-order valence-corrected chi connectivity index (χ2v) is 8.11. The summed E-state index contributed by atoms with van der Waals surface area (Å²) in [6, 6.07) is 14.6. The number of aromatic amines is 1. The highest BCUT2D eigenvalue weighted by Gasteiger charge is 2.17. The van der Waals surface area contributed by atoms with Gasteiger partial charge in [-0.3, -0.25) is 9.78 Å². The van der Waals surface area contributed by atoms with Gasteiger partial charge in [-0.25, -0.2) is 9.36 Å².